The molecule has 0 aliphatic carbocycles. The minimum absolute atomic E-state index is 0.242. The number of aryl methyl sites for hydroxylation is 1. The highest BCUT2D eigenvalue weighted by Crippen LogP contribution is 2.13. The highest BCUT2D eigenvalue weighted by Gasteiger charge is 2.27. The van der Waals surface area contributed by atoms with Crippen LogP contribution in [0.2, 0.25) is 0 Å². The van der Waals surface area contributed by atoms with E-state index < -0.39 is 11.6 Å². The van der Waals surface area contributed by atoms with E-state index in [1.807, 2.05) is 0 Å². The van der Waals surface area contributed by atoms with Gasteiger partial charge in [0, 0.05) is 0 Å². The van der Waals surface area contributed by atoms with Crippen molar-refractivity contribution in [2.75, 3.05) is 0 Å². The molecule has 0 aliphatic rings. The second-order valence-electron chi connectivity index (χ2n) is 4.04. The first-order chi connectivity index (χ1) is 6.84. The number of carbonyl (C=O) groups is 1. The topological polar surface area (TPSA) is 75.1 Å². The molecule has 1 amide bonds. The number of nitrogens with zero attached hydrogens (tertiary/aromatic N) is 2. The van der Waals surface area contributed by atoms with Crippen molar-refractivity contribution in [1.29, 1.82) is 0 Å². The SMILES string of the molecule is Cc1nnsc1C(=O)NC(C)(C)C(C)O. The van der Waals surface area contributed by atoms with E-state index in [0.29, 0.717) is 10.6 Å². The van der Waals surface area contributed by atoms with Crippen LogP contribution in [0.5, 0.6) is 0 Å². The monoisotopic (exact) mass is 229 g/mol. The quantitative estimate of drug-likeness (QED) is 0.801. The molecule has 0 spiro atoms. The molecule has 1 aromatic heterocycles. The zero-order valence-corrected chi connectivity index (χ0v) is 10.1. The van der Waals surface area contributed by atoms with E-state index in [4.69, 9.17) is 0 Å². The first kappa shape index (κ1) is 12.1. The molecule has 15 heavy (non-hydrogen) atoms. The van der Waals surface area contributed by atoms with E-state index in [2.05, 4.69) is 14.9 Å². The van der Waals surface area contributed by atoms with Crippen molar-refractivity contribution in [1.82, 2.24) is 14.9 Å². The summed E-state index contributed by atoms with van der Waals surface area (Å²) in [6.07, 6.45) is -0.623. The number of aromatic nitrogens is 2. The Balaban J connectivity index is 2.77. The van der Waals surface area contributed by atoms with Crippen molar-refractivity contribution in [2.45, 2.75) is 39.3 Å². The highest BCUT2D eigenvalue weighted by molar-refractivity contribution is 7.08. The fourth-order valence-electron chi connectivity index (χ4n) is 0.894. The Labute approximate surface area is 92.7 Å². The summed E-state index contributed by atoms with van der Waals surface area (Å²) >= 11 is 1.06. The fraction of sp³-hybridized carbons (Fsp3) is 0.667. The van der Waals surface area contributed by atoms with Gasteiger partial charge in [0.05, 0.1) is 17.3 Å². The van der Waals surface area contributed by atoms with Crippen LogP contribution in [0.4, 0.5) is 0 Å². The summed E-state index contributed by atoms with van der Waals surface area (Å²) in [5, 5.41) is 16.0. The van der Waals surface area contributed by atoms with Crippen LogP contribution in [0.25, 0.3) is 0 Å². The van der Waals surface area contributed by atoms with Crippen molar-refractivity contribution < 1.29 is 9.90 Å². The normalized spacial score (nSPS) is 13.7. The first-order valence-corrected chi connectivity index (χ1v) is 5.41. The van der Waals surface area contributed by atoms with Crippen LogP contribution in [0.15, 0.2) is 0 Å². The van der Waals surface area contributed by atoms with Crippen LogP contribution < -0.4 is 5.32 Å². The summed E-state index contributed by atoms with van der Waals surface area (Å²) in [5.41, 5.74) is -0.0491. The second kappa shape index (κ2) is 4.24. The Kier molecular flexibility index (Phi) is 3.41. The Morgan fingerprint density at radius 2 is 2.20 bits per heavy atom. The molecule has 2 N–H and O–H groups in total. The second-order valence-corrected chi connectivity index (χ2v) is 4.79. The Morgan fingerprint density at radius 1 is 1.60 bits per heavy atom. The van der Waals surface area contributed by atoms with Gasteiger partial charge in [-0.2, -0.15) is 0 Å². The van der Waals surface area contributed by atoms with Crippen LogP contribution in [0, 0.1) is 6.92 Å². The van der Waals surface area contributed by atoms with Crippen LogP contribution in [-0.4, -0.2) is 32.2 Å². The first-order valence-electron chi connectivity index (χ1n) is 4.64. The minimum Gasteiger partial charge on any atom is -0.391 e. The highest BCUT2D eigenvalue weighted by atomic mass is 32.1. The summed E-state index contributed by atoms with van der Waals surface area (Å²) in [6, 6.07) is 0. The Bertz CT molecular complexity index is 360. The number of amides is 1. The molecule has 1 aromatic rings. The molecule has 0 saturated heterocycles. The Hall–Kier alpha value is -1.01. The molecular weight excluding hydrogens is 214 g/mol. The lowest BCUT2D eigenvalue weighted by molar-refractivity contribution is 0.0712. The van der Waals surface area contributed by atoms with Gasteiger partial charge in [-0.25, -0.2) is 0 Å². The maximum atomic E-state index is 11.8. The number of carbonyl (C=O) groups excluding carboxylic acids is 1. The molecule has 0 aromatic carbocycles. The van der Waals surface area contributed by atoms with Gasteiger partial charge in [0.1, 0.15) is 4.88 Å². The van der Waals surface area contributed by atoms with Crippen LogP contribution in [-0.2, 0) is 0 Å². The lowest BCUT2D eigenvalue weighted by Crippen LogP contribution is -2.50. The minimum atomic E-state index is -0.659. The van der Waals surface area contributed by atoms with Crippen molar-refractivity contribution >= 4 is 17.4 Å². The van der Waals surface area contributed by atoms with Crippen LogP contribution >= 0.6 is 11.5 Å². The number of aliphatic hydroxyl groups is 1. The summed E-state index contributed by atoms with van der Waals surface area (Å²) in [7, 11) is 0. The molecule has 0 saturated carbocycles. The number of hydrogen-bond donors (Lipinski definition) is 2. The third kappa shape index (κ3) is 2.73. The molecule has 0 fully saturated rings. The average Bonchev–Trinajstić information content (AvgIpc) is 2.50. The third-order valence-electron chi connectivity index (χ3n) is 2.34. The fourth-order valence-corrected chi connectivity index (χ4v) is 1.45. The number of nitrogens with one attached hydrogen (secondary N) is 1. The van der Waals surface area contributed by atoms with E-state index in [1.54, 1.807) is 27.7 Å². The molecule has 1 heterocycles. The van der Waals surface area contributed by atoms with Gasteiger partial charge in [-0.1, -0.05) is 4.49 Å². The van der Waals surface area contributed by atoms with E-state index in [-0.39, 0.29) is 5.91 Å². The van der Waals surface area contributed by atoms with Crippen molar-refractivity contribution in [2.24, 2.45) is 0 Å². The number of rotatable bonds is 3. The molecule has 1 unspecified atom stereocenters. The lowest BCUT2D eigenvalue weighted by atomic mass is 9.99. The predicted molar refractivity (Wildman–Crippen MR) is 57.9 cm³/mol. The van der Waals surface area contributed by atoms with Gasteiger partial charge in [0.25, 0.3) is 5.91 Å². The summed E-state index contributed by atoms with van der Waals surface area (Å²) in [5.74, 6) is -0.242. The van der Waals surface area contributed by atoms with Crippen molar-refractivity contribution in [3.05, 3.63) is 10.6 Å². The lowest BCUT2D eigenvalue weighted by Gasteiger charge is -2.28. The summed E-state index contributed by atoms with van der Waals surface area (Å²) in [6.45, 7) is 6.89. The molecule has 0 aliphatic heterocycles. The van der Waals surface area contributed by atoms with E-state index >= 15 is 0 Å². The van der Waals surface area contributed by atoms with Gasteiger partial charge >= 0.3 is 0 Å². The maximum absolute atomic E-state index is 11.8. The van der Waals surface area contributed by atoms with E-state index in [9.17, 15) is 9.90 Å². The average molecular weight is 229 g/mol. The van der Waals surface area contributed by atoms with Gasteiger partial charge in [0.15, 0.2) is 0 Å². The Morgan fingerprint density at radius 3 is 2.60 bits per heavy atom. The molecular formula is C9H15N3O2S. The summed E-state index contributed by atoms with van der Waals surface area (Å²) < 4.78 is 3.69. The van der Waals surface area contributed by atoms with Gasteiger partial charge in [-0.05, 0) is 39.2 Å². The number of hydrogen-bond acceptors (Lipinski definition) is 5. The molecule has 1 atom stereocenters. The van der Waals surface area contributed by atoms with Gasteiger partial charge in [0.2, 0.25) is 0 Å². The van der Waals surface area contributed by atoms with Gasteiger partial charge in [-0.15, -0.1) is 5.10 Å². The molecule has 0 bridgehead atoms. The standard InChI is InChI=1S/C9H15N3O2S/c1-5-7(15-12-11-5)8(14)10-9(3,4)6(2)13/h6,13H,1-4H3,(H,10,14). The van der Waals surface area contributed by atoms with Crippen LogP contribution in [0.1, 0.15) is 36.1 Å². The molecule has 0 radical (unpaired) electrons. The largest absolute Gasteiger partial charge is 0.391 e. The number of aliphatic hydroxyl groups excluding tert-OH is 1. The zero-order valence-electron chi connectivity index (χ0n) is 9.24. The van der Waals surface area contributed by atoms with E-state index in [1.165, 1.54) is 0 Å². The molecule has 6 heteroatoms. The van der Waals surface area contributed by atoms with Gasteiger partial charge in [-0.3, -0.25) is 4.79 Å². The van der Waals surface area contributed by atoms with Crippen molar-refractivity contribution in [3.8, 4) is 0 Å². The molecule has 1 rings (SSSR count). The van der Waals surface area contributed by atoms with Crippen LogP contribution in [0.3, 0.4) is 0 Å². The maximum Gasteiger partial charge on any atom is 0.265 e. The van der Waals surface area contributed by atoms with Crippen molar-refractivity contribution in [3.63, 3.8) is 0 Å². The smallest absolute Gasteiger partial charge is 0.265 e. The predicted octanol–water partition coefficient (Wildman–Crippen LogP) is 0.736. The zero-order chi connectivity index (χ0) is 11.6. The molecule has 5 nitrogen and oxygen atoms in total. The van der Waals surface area contributed by atoms with E-state index in [0.717, 1.165) is 11.5 Å². The third-order valence-corrected chi connectivity index (χ3v) is 3.16. The summed E-state index contributed by atoms with van der Waals surface area (Å²) in [4.78, 5) is 12.2. The molecule has 84 valence electrons. The van der Waals surface area contributed by atoms with Gasteiger partial charge < -0.3 is 10.4 Å².